The zero-order valence-electron chi connectivity index (χ0n) is 17.4. The van der Waals surface area contributed by atoms with Crippen LogP contribution in [0, 0.1) is 5.92 Å². The molecule has 0 fully saturated rings. The normalized spacial score (nSPS) is 15.4. The average Bonchev–Trinajstić information content (AvgIpc) is 3.39. The van der Waals surface area contributed by atoms with Crippen LogP contribution in [-0.2, 0) is 19.4 Å². The van der Waals surface area contributed by atoms with Gasteiger partial charge in [0, 0.05) is 15.8 Å². The number of amides is 1. The molecule has 1 amide bonds. The van der Waals surface area contributed by atoms with Gasteiger partial charge in [-0.15, -0.1) is 22.7 Å². The maximum atomic E-state index is 13.4. The number of carbonyl (C=O) groups excluding carboxylic acids is 1. The lowest BCUT2D eigenvalue weighted by molar-refractivity contribution is 0.102. The van der Waals surface area contributed by atoms with Gasteiger partial charge in [-0.25, -0.2) is 0 Å². The topological polar surface area (TPSA) is 59.6 Å². The van der Waals surface area contributed by atoms with E-state index in [2.05, 4.69) is 29.0 Å². The summed E-state index contributed by atoms with van der Waals surface area (Å²) in [5, 5.41) is 9.60. The number of fused-ring (bicyclic) bond motifs is 1. The van der Waals surface area contributed by atoms with Crippen molar-refractivity contribution in [2.75, 3.05) is 24.9 Å². The number of benzene rings is 1. The van der Waals surface area contributed by atoms with E-state index in [0.29, 0.717) is 23.1 Å². The van der Waals surface area contributed by atoms with Crippen LogP contribution in [0.1, 0.15) is 39.0 Å². The molecule has 4 rings (SSSR count). The van der Waals surface area contributed by atoms with E-state index in [1.807, 2.05) is 18.2 Å². The Labute approximate surface area is 185 Å². The molecule has 2 aromatic heterocycles. The first kappa shape index (κ1) is 20.8. The van der Waals surface area contributed by atoms with Crippen LogP contribution in [0.25, 0.3) is 0 Å². The highest BCUT2D eigenvalue weighted by molar-refractivity contribution is 7.16. The zero-order chi connectivity index (χ0) is 21.1. The second-order valence-electron chi connectivity index (χ2n) is 7.51. The van der Waals surface area contributed by atoms with Gasteiger partial charge in [0.05, 0.1) is 32.0 Å². The summed E-state index contributed by atoms with van der Waals surface area (Å²) in [5.41, 5.74) is 2.60. The number of rotatable bonds is 7. The van der Waals surface area contributed by atoms with Crippen molar-refractivity contribution < 1.29 is 14.3 Å². The van der Waals surface area contributed by atoms with Crippen molar-refractivity contribution >= 4 is 39.3 Å². The molecule has 0 radical (unpaired) electrons. The van der Waals surface area contributed by atoms with Crippen LogP contribution in [0.3, 0.4) is 0 Å². The summed E-state index contributed by atoms with van der Waals surface area (Å²) < 4.78 is 10.7. The summed E-state index contributed by atoms with van der Waals surface area (Å²) in [5.74, 6) is 1.82. The van der Waals surface area contributed by atoms with Crippen LogP contribution < -0.4 is 20.1 Å². The number of hydrogen-bond donors (Lipinski definition) is 2. The van der Waals surface area contributed by atoms with Crippen LogP contribution in [-0.4, -0.2) is 20.1 Å². The molecular weight excluding hydrogens is 416 g/mol. The lowest BCUT2D eigenvalue weighted by Gasteiger charge is -2.19. The van der Waals surface area contributed by atoms with E-state index in [0.717, 1.165) is 36.4 Å². The van der Waals surface area contributed by atoms with E-state index >= 15 is 0 Å². The number of nitrogens with one attached hydrogen (secondary N) is 2. The molecule has 1 atom stereocenters. The fourth-order valence-electron chi connectivity index (χ4n) is 3.78. The Morgan fingerprint density at radius 2 is 2.10 bits per heavy atom. The van der Waals surface area contributed by atoms with Gasteiger partial charge in [-0.05, 0) is 54.3 Å². The molecule has 0 saturated carbocycles. The van der Waals surface area contributed by atoms with Gasteiger partial charge >= 0.3 is 0 Å². The summed E-state index contributed by atoms with van der Waals surface area (Å²) in [7, 11) is 3.20. The van der Waals surface area contributed by atoms with E-state index < -0.39 is 0 Å². The van der Waals surface area contributed by atoms with E-state index in [-0.39, 0.29) is 5.91 Å². The number of thiophene rings is 2. The molecule has 7 heteroatoms. The van der Waals surface area contributed by atoms with E-state index in [9.17, 15) is 4.79 Å². The second kappa shape index (κ2) is 9.10. The van der Waals surface area contributed by atoms with Crippen molar-refractivity contribution in [1.82, 2.24) is 0 Å². The standard InChI is InChI=1S/C23H26N2O3S2/c1-14-6-8-17-20(11-14)30-23(24-13-16-5-4-10-29-16)21(17)22(26)25-18-9-7-15(27-2)12-19(18)28-3/h4-5,7,9-10,12,14,24H,6,8,11,13H2,1-3H3,(H,25,26)/t14-/m0/s1. The fourth-order valence-corrected chi connectivity index (χ4v) is 5.83. The number of carbonyl (C=O) groups is 1. The van der Waals surface area contributed by atoms with Crippen LogP contribution in [0.5, 0.6) is 11.5 Å². The van der Waals surface area contributed by atoms with Crippen molar-refractivity contribution in [3.05, 3.63) is 56.6 Å². The molecule has 158 valence electrons. The van der Waals surface area contributed by atoms with Gasteiger partial charge in [0.25, 0.3) is 5.91 Å². The molecule has 0 saturated heterocycles. The second-order valence-corrected chi connectivity index (χ2v) is 9.65. The highest BCUT2D eigenvalue weighted by Crippen LogP contribution is 2.41. The Morgan fingerprint density at radius 1 is 1.23 bits per heavy atom. The molecule has 2 N–H and O–H groups in total. The van der Waals surface area contributed by atoms with Crippen molar-refractivity contribution in [3.8, 4) is 11.5 Å². The number of ether oxygens (including phenoxy) is 2. The van der Waals surface area contributed by atoms with Crippen LogP contribution in [0.4, 0.5) is 10.7 Å². The van der Waals surface area contributed by atoms with Crippen molar-refractivity contribution in [2.45, 2.75) is 32.7 Å². The van der Waals surface area contributed by atoms with Crippen LogP contribution in [0.2, 0.25) is 0 Å². The first-order chi connectivity index (χ1) is 14.6. The Balaban J connectivity index is 1.63. The van der Waals surface area contributed by atoms with Crippen molar-refractivity contribution in [2.24, 2.45) is 5.92 Å². The smallest absolute Gasteiger partial charge is 0.259 e. The minimum Gasteiger partial charge on any atom is -0.497 e. The maximum Gasteiger partial charge on any atom is 0.259 e. The molecular formula is C23H26N2O3S2. The van der Waals surface area contributed by atoms with Gasteiger partial charge in [0.2, 0.25) is 0 Å². The van der Waals surface area contributed by atoms with Gasteiger partial charge in [-0.2, -0.15) is 0 Å². The van der Waals surface area contributed by atoms with Gasteiger partial charge in [0.15, 0.2) is 0 Å². The minimum atomic E-state index is -0.0980. The molecule has 1 aromatic carbocycles. The molecule has 5 nitrogen and oxygen atoms in total. The third-order valence-electron chi connectivity index (χ3n) is 5.40. The number of methoxy groups -OCH3 is 2. The highest BCUT2D eigenvalue weighted by Gasteiger charge is 2.28. The van der Waals surface area contributed by atoms with Crippen molar-refractivity contribution in [1.29, 1.82) is 0 Å². The van der Waals surface area contributed by atoms with Crippen molar-refractivity contribution in [3.63, 3.8) is 0 Å². The Kier molecular flexibility index (Phi) is 6.29. The summed E-state index contributed by atoms with van der Waals surface area (Å²) in [6.45, 7) is 3.00. The van der Waals surface area contributed by atoms with Crippen LogP contribution in [0.15, 0.2) is 35.7 Å². The number of hydrogen-bond acceptors (Lipinski definition) is 6. The molecule has 0 spiro atoms. The molecule has 1 aliphatic carbocycles. The minimum absolute atomic E-state index is 0.0980. The largest absolute Gasteiger partial charge is 0.497 e. The van der Waals surface area contributed by atoms with Gasteiger partial charge in [0.1, 0.15) is 16.5 Å². The molecule has 0 bridgehead atoms. The molecule has 30 heavy (non-hydrogen) atoms. The Hall–Kier alpha value is -2.51. The summed E-state index contributed by atoms with van der Waals surface area (Å²) >= 11 is 3.44. The predicted octanol–water partition coefficient (Wildman–Crippen LogP) is 5.82. The quantitative estimate of drug-likeness (QED) is 0.484. The molecule has 2 heterocycles. The molecule has 1 aliphatic rings. The van der Waals surface area contributed by atoms with Crippen LogP contribution >= 0.6 is 22.7 Å². The average molecular weight is 443 g/mol. The zero-order valence-corrected chi connectivity index (χ0v) is 19.0. The summed E-state index contributed by atoms with van der Waals surface area (Å²) in [6, 6.07) is 9.56. The monoisotopic (exact) mass is 442 g/mol. The van der Waals surface area contributed by atoms with E-state index in [4.69, 9.17) is 9.47 Å². The van der Waals surface area contributed by atoms with E-state index in [1.54, 1.807) is 43.0 Å². The predicted molar refractivity (Wildman–Crippen MR) is 125 cm³/mol. The van der Waals surface area contributed by atoms with Gasteiger partial charge in [-0.1, -0.05) is 13.0 Å². The van der Waals surface area contributed by atoms with Gasteiger partial charge < -0.3 is 20.1 Å². The number of anilines is 2. The first-order valence-corrected chi connectivity index (χ1v) is 11.7. The Bertz CT molecular complexity index is 1030. The first-order valence-electron chi connectivity index (χ1n) is 10.0. The summed E-state index contributed by atoms with van der Waals surface area (Å²) in [6.07, 6.45) is 3.09. The lowest BCUT2D eigenvalue weighted by atomic mass is 9.88. The van der Waals surface area contributed by atoms with Gasteiger partial charge in [-0.3, -0.25) is 4.79 Å². The Morgan fingerprint density at radius 3 is 2.83 bits per heavy atom. The maximum absolute atomic E-state index is 13.4. The molecule has 0 unspecified atom stereocenters. The lowest BCUT2D eigenvalue weighted by Crippen LogP contribution is -2.18. The molecule has 0 aliphatic heterocycles. The third-order valence-corrected chi connectivity index (χ3v) is 7.49. The fraction of sp³-hybridized carbons (Fsp3) is 0.348. The SMILES string of the molecule is COc1ccc(NC(=O)c2c(NCc3cccs3)sc3c2CC[C@H](C)C3)c(OC)c1. The highest BCUT2D eigenvalue weighted by atomic mass is 32.1. The van der Waals surface area contributed by atoms with E-state index in [1.165, 1.54) is 15.3 Å². The molecule has 3 aromatic rings. The third kappa shape index (κ3) is 4.32. The summed E-state index contributed by atoms with van der Waals surface area (Å²) in [4.78, 5) is 16.0.